The first kappa shape index (κ1) is 15.8. The van der Waals surface area contributed by atoms with Crippen molar-refractivity contribution in [1.82, 2.24) is 4.98 Å². The number of anilines is 1. The van der Waals surface area contributed by atoms with Gasteiger partial charge in [-0.1, -0.05) is 18.5 Å². The maximum Gasteiger partial charge on any atom is 0.362 e. The van der Waals surface area contributed by atoms with Gasteiger partial charge in [0.15, 0.2) is 5.13 Å². The van der Waals surface area contributed by atoms with Gasteiger partial charge in [-0.15, -0.1) is 11.3 Å². The Balaban J connectivity index is 2.14. The molecule has 0 radical (unpaired) electrons. The number of ether oxygens (including phenoxy) is 1. The van der Waals surface area contributed by atoms with E-state index in [1.807, 2.05) is 0 Å². The summed E-state index contributed by atoms with van der Waals surface area (Å²) in [6, 6.07) is 0. The van der Waals surface area contributed by atoms with Gasteiger partial charge >= 0.3 is 5.97 Å². The molecule has 0 amide bonds. The topological polar surface area (TPSA) is 86.8 Å². The maximum absolute atomic E-state index is 12.0. The number of carbonyl (C=O) groups is 1. The van der Waals surface area contributed by atoms with Crippen molar-refractivity contribution in [2.24, 2.45) is 11.1 Å². The van der Waals surface area contributed by atoms with Gasteiger partial charge in [0, 0.05) is 5.38 Å². The van der Waals surface area contributed by atoms with Gasteiger partial charge < -0.3 is 15.3 Å². The van der Waals surface area contributed by atoms with Gasteiger partial charge in [0.2, 0.25) is 5.71 Å². The molecule has 1 aromatic rings. The number of carbonyl (C=O) groups excluding carboxylic acids is 1. The van der Waals surface area contributed by atoms with Crippen molar-refractivity contribution in [2.45, 2.75) is 45.6 Å². The Morgan fingerprint density at radius 2 is 2.29 bits per heavy atom. The van der Waals surface area contributed by atoms with E-state index in [4.69, 9.17) is 15.3 Å². The molecule has 6 nitrogen and oxygen atoms in total. The highest BCUT2D eigenvalue weighted by Crippen LogP contribution is 2.26. The monoisotopic (exact) mass is 311 g/mol. The predicted molar refractivity (Wildman–Crippen MR) is 82.2 cm³/mol. The molecule has 2 atom stereocenters. The molecule has 1 aliphatic rings. The van der Waals surface area contributed by atoms with Gasteiger partial charge in [-0.25, -0.2) is 9.78 Å². The van der Waals surface area contributed by atoms with Crippen molar-refractivity contribution < 1.29 is 14.4 Å². The summed E-state index contributed by atoms with van der Waals surface area (Å²) in [4.78, 5) is 21.7. The first-order chi connectivity index (χ1) is 10.1. The third-order valence-electron chi connectivity index (χ3n) is 3.55. The second-order valence-corrected chi connectivity index (χ2v) is 6.03. The number of nitrogen functional groups attached to an aromatic ring is 1. The lowest BCUT2D eigenvalue weighted by molar-refractivity contribution is -0.135. The van der Waals surface area contributed by atoms with Crippen LogP contribution in [0.2, 0.25) is 0 Å². The Morgan fingerprint density at radius 3 is 2.90 bits per heavy atom. The van der Waals surface area contributed by atoms with Crippen LogP contribution in [0.15, 0.2) is 10.5 Å². The zero-order chi connectivity index (χ0) is 15.2. The molecular weight excluding hydrogens is 290 g/mol. The highest BCUT2D eigenvalue weighted by Gasteiger charge is 2.25. The van der Waals surface area contributed by atoms with Gasteiger partial charge in [0.1, 0.15) is 11.8 Å². The van der Waals surface area contributed by atoms with E-state index in [-0.39, 0.29) is 18.4 Å². The fourth-order valence-corrected chi connectivity index (χ4v) is 2.89. The lowest BCUT2D eigenvalue weighted by Crippen LogP contribution is -2.26. The van der Waals surface area contributed by atoms with E-state index in [9.17, 15) is 4.79 Å². The molecule has 0 aromatic carbocycles. The summed E-state index contributed by atoms with van der Waals surface area (Å²) in [7, 11) is 0. The summed E-state index contributed by atoms with van der Waals surface area (Å²) in [6.07, 6.45) is 4.47. The number of hydrogen-bond donors (Lipinski definition) is 1. The molecule has 2 N–H and O–H groups in total. The smallest absolute Gasteiger partial charge is 0.362 e. The van der Waals surface area contributed by atoms with Crippen molar-refractivity contribution in [2.75, 3.05) is 12.3 Å². The minimum absolute atomic E-state index is 0.0409. The molecule has 0 saturated heterocycles. The second-order valence-electron chi connectivity index (χ2n) is 5.14. The number of oxime groups is 1. The Morgan fingerprint density at radius 1 is 1.52 bits per heavy atom. The largest absolute Gasteiger partial charge is 0.461 e. The van der Waals surface area contributed by atoms with Crippen molar-refractivity contribution >= 4 is 28.1 Å². The van der Waals surface area contributed by atoms with Crippen LogP contribution in [-0.2, 0) is 14.4 Å². The van der Waals surface area contributed by atoms with E-state index in [2.05, 4.69) is 17.1 Å². The summed E-state index contributed by atoms with van der Waals surface area (Å²) in [6.45, 7) is 4.16. The Bertz CT molecular complexity index is 515. The summed E-state index contributed by atoms with van der Waals surface area (Å²) in [5, 5.41) is 6.09. The van der Waals surface area contributed by atoms with Crippen LogP contribution in [0.4, 0.5) is 5.13 Å². The fourth-order valence-electron chi connectivity index (χ4n) is 2.34. The minimum atomic E-state index is -0.536. The van der Waals surface area contributed by atoms with Crippen LogP contribution in [0, 0.1) is 5.92 Å². The van der Waals surface area contributed by atoms with Gasteiger partial charge in [-0.3, -0.25) is 0 Å². The zero-order valence-corrected chi connectivity index (χ0v) is 13.2. The molecule has 0 unspecified atom stereocenters. The number of rotatable bonds is 5. The normalized spacial score (nSPS) is 22.9. The van der Waals surface area contributed by atoms with E-state index < -0.39 is 5.97 Å². The second kappa shape index (κ2) is 7.40. The fraction of sp³-hybridized carbons (Fsp3) is 0.643. The Labute approximate surface area is 128 Å². The molecule has 0 spiro atoms. The third kappa shape index (κ3) is 4.17. The van der Waals surface area contributed by atoms with Crippen LogP contribution < -0.4 is 5.73 Å². The number of hydrogen-bond acceptors (Lipinski definition) is 7. The quantitative estimate of drug-likeness (QED) is 0.513. The van der Waals surface area contributed by atoms with Crippen LogP contribution >= 0.6 is 11.3 Å². The molecule has 1 heterocycles. The molecular formula is C14H21N3O3S. The van der Waals surface area contributed by atoms with Gasteiger partial charge in [0.05, 0.1) is 6.61 Å². The molecule has 7 heteroatoms. The van der Waals surface area contributed by atoms with Gasteiger partial charge in [0.25, 0.3) is 0 Å². The average molecular weight is 311 g/mol. The molecule has 0 bridgehead atoms. The van der Waals surface area contributed by atoms with E-state index in [1.165, 1.54) is 17.8 Å². The number of nitrogens with zero attached hydrogens (tertiary/aromatic N) is 2. The Hall–Kier alpha value is -1.63. The molecule has 1 aromatic heterocycles. The number of nitrogens with two attached hydrogens (primary N) is 1. The molecule has 0 aliphatic heterocycles. The molecule has 116 valence electrons. The summed E-state index contributed by atoms with van der Waals surface area (Å²) < 4.78 is 5.01. The summed E-state index contributed by atoms with van der Waals surface area (Å²) >= 11 is 1.25. The number of aromatic nitrogens is 1. The lowest BCUT2D eigenvalue weighted by Gasteiger charge is -2.26. The molecule has 1 fully saturated rings. The van der Waals surface area contributed by atoms with E-state index >= 15 is 0 Å². The van der Waals surface area contributed by atoms with Crippen molar-refractivity contribution in [3.63, 3.8) is 0 Å². The highest BCUT2D eigenvalue weighted by atomic mass is 32.1. The maximum atomic E-state index is 12.0. The zero-order valence-electron chi connectivity index (χ0n) is 12.4. The van der Waals surface area contributed by atoms with Crippen molar-refractivity contribution in [3.05, 3.63) is 11.1 Å². The minimum Gasteiger partial charge on any atom is -0.461 e. The van der Waals surface area contributed by atoms with Gasteiger partial charge in [-0.2, -0.15) is 0 Å². The lowest BCUT2D eigenvalue weighted by atomic mass is 9.88. The average Bonchev–Trinajstić information content (AvgIpc) is 2.88. The Kier molecular flexibility index (Phi) is 5.55. The standard InChI is InChI=1S/C14H21N3O3S/c1-3-19-13(18)12(10-8-21-14(15)16-10)17-20-11-7-5-4-6-9(11)2/h8-9,11H,3-7H2,1-2H3,(H2,15,16)/b17-12-/t9-,11+/m0/s1. The SMILES string of the molecule is CCOC(=O)/C(=N\O[C@@H]1CCCC[C@@H]1C)c1csc(N)n1. The van der Waals surface area contributed by atoms with Crippen LogP contribution in [0.5, 0.6) is 0 Å². The first-order valence-corrected chi connectivity index (χ1v) is 8.12. The number of thiazole rings is 1. The van der Waals surface area contributed by atoms with E-state index in [1.54, 1.807) is 12.3 Å². The predicted octanol–water partition coefficient (Wildman–Crippen LogP) is 2.59. The van der Waals surface area contributed by atoms with E-state index in [0.29, 0.717) is 16.7 Å². The van der Waals surface area contributed by atoms with Gasteiger partial charge in [-0.05, 0) is 32.1 Å². The number of esters is 1. The summed E-state index contributed by atoms with van der Waals surface area (Å²) in [5.41, 5.74) is 6.10. The van der Waals surface area contributed by atoms with Crippen LogP contribution in [0.25, 0.3) is 0 Å². The van der Waals surface area contributed by atoms with Crippen LogP contribution in [-0.4, -0.2) is 29.4 Å². The molecule has 2 rings (SSSR count). The van der Waals surface area contributed by atoms with Crippen LogP contribution in [0.3, 0.4) is 0 Å². The third-order valence-corrected chi connectivity index (χ3v) is 4.22. The molecule has 1 saturated carbocycles. The van der Waals surface area contributed by atoms with Crippen molar-refractivity contribution in [1.29, 1.82) is 0 Å². The van der Waals surface area contributed by atoms with Crippen molar-refractivity contribution in [3.8, 4) is 0 Å². The van der Waals surface area contributed by atoms with E-state index in [0.717, 1.165) is 19.3 Å². The highest BCUT2D eigenvalue weighted by molar-refractivity contribution is 7.13. The van der Waals surface area contributed by atoms with Crippen LogP contribution in [0.1, 0.15) is 45.2 Å². The molecule has 1 aliphatic carbocycles. The first-order valence-electron chi connectivity index (χ1n) is 7.24. The molecule has 21 heavy (non-hydrogen) atoms. The summed E-state index contributed by atoms with van der Waals surface area (Å²) in [5.74, 6) is -0.0993.